The number of nitrogens with zero attached hydrogens (tertiary/aromatic N) is 2. The van der Waals surface area contributed by atoms with E-state index < -0.39 is 0 Å². The summed E-state index contributed by atoms with van der Waals surface area (Å²) in [6.07, 6.45) is 4.74. The number of thioether (sulfide) groups is 1. The van der Waals surface area contributed by atoms with E-state index in [4.69, 9.17) is 0 Å². The number of carbonyl (C=O) groups is 2. The van der Waals surface area contributed by atoms with Crippen molar-refractivity contribution in [2.75, 3.05) is 5.75 Å². The highest BCUT2D eigenvalue weighted by molar-refractivity contribution is 7.99. The van der Waals surface area contributed by atoms with Crippen LogP contribution in [0.5, 0.6) is 0 Å². The summed E-state index contributed by atoms with van der Waals surface area (Å²) >= 11 is 1.46. The number of aryl methyl sites for hydroxylation is 1. The van der Waals surface area contributed by atoms with Gasteiger partial charge in [0.25, 0.3) is 0 Å². The Kier molecular flexibility index (Phi) is 6.61. The molecule has 0 fully saturated rings. The first kappa shape index (κ1) is 18.3. The number of benzene rings is 1. The fourth-order valence-corrected chi connectivity index (χ4v) is 3.29. The van der Waals surface area contributed by atoms with Gasteiger partial charge in [-0.1, -0.05) is 43.0 Å². The van der Waals surface area contributed by atoms with Gasteiger partial charge in [-0.05, 0) is 18.9 Å². The summed E-state index contributed by atoms with van der Waals surface area (Å²) in [5.41, 5.74) is 1.66. The van der Waals surface area contributed by atoms with Gasteiger partial charge in [-0.2, -0.15) is 0 Å². The van der Waals surface area contributed by atoms with Crippen LogP contribution in [0.15, 0.2) is 41.8 Å². The second-order valence-corrected chi connectivity index (χ2v) is 6.60. The molecule has 1 aromatic heterocycles. The van der Waals surface area contributed by atoms with Gasteiger partial charge in [-0.15, -0.1) is 0 Å². The summed E-state index contributed by atoms with van der Waals surface area (Å²) in [6.45, 7) is 6.44. The normalized spacial score (nSPS) is 12.0. The zero-order valence-corrected chi connectivity index (χ0v) is 15.1. The molecule has 6 heteroatoms. The van der Waals surface area contributed by atoms with Crippen molar-refractivity contribution in [3.8, 4) is 0 Å². The number of aromatic nitrogens is 2. The van der Waals surface area contributed by atoms with Crippen LogP contribution in [0.3, 0.4) is 0 Å². The van der Waals surface area contributed by atoms with E-state index >= 15 is 0 Å². The molecule has 1 heterocycles. The van der Waals surface area contributed by atoms with Crippen LogP contribution in [-0.4, -0.2) is 27.0 Å². The SMILES string of the molecule is CCCn1ccnc1SCC(=O)c1ccc([C@@H](C)NC(C)=O)cc1. The first-order valence-corrected chi connectivity index (χ1v) is 9.04. The number of imidazole rings is 1. The summed E-state index contributed by atoms with van der Waals surface area (Å²) < 4.78 is 2.07. The lowest BCUT2D eigenvalue weighted by molar-refractivity contribution is -0.119. The van der Waals surface area contributed by atoms with E-state index in [-0.39, 0.29) is 17.7 Å². The molecule has 0 aliphatic carbocycles. The minimum atomic E-state index is -0.0679. The van der Waals surface area contributed by atoms with Gasteiger partial charge in [0.05, 0.1) is 11.8 Å². The van der Waals surface area contributed by atoms with E-state index in [1.807, 2.05) is 37.4 Å². The highest BCUT2D eigenvalue weighted by Gasteiger charge is 2.11. The molecular weight excluding hydrogens is 322 g/mol. The fraction of sp³-hybridized carbons (Fsp3) is 0.389. The Hall–Kier alpha value is -2.08. The predicted octanol–water partition coefficient (Wildman–Crippen LogP) is 3.47. The maximum Gasteiger partial charge on any atom is 0.217 e. The molecule has 0 saturated carbocycles. The highest BCUT2D eigenvalue weighted by Crippen LogP contribution is 2.19. The molecule has 2 rings (SSSR count). The van der Waals surface area contributed by atoms with Gasteiger partial charge in [0.15, 0.2) is 10.9 Å². The molecule has 0 saturated heterocycles. The molecule has 0 aliphatic rings. The number of rotatable bonds is 8. The van der Waals surface area contributed by atoms with Crippen molar-refractivity contribution in [3.05, 3.63) is 47.8 Å². The van der Waals surface area contributed by atoms with Crippen LogP contribution >= 0.6 is 11.8 Å². The maximum absolute atomic E-state index is 12.3. The highest BCUT2D eigenvalue weighted by atomic mass is 32.2. The first-order chi connectivity index (χ1) is 11.5. The number of hydrogen-bond acceptors (Lipinski definition) is 4. The molecule has 0 aliphatic heterocycles. The maximum atomic E-state index is 12.3. The van der Waals surface area contributed by atoms with Gasteiger partial charge >= 0.3 is 0 Å². The standard InChI is InChI=1S/C18H23N3O2S/c1-4-10-21-11-9-19-18(21)24-12-17(23)16-7-5-15(6-8-16)13(2)20-14(3)22/h5-9,11,13H,4,10,12H2,1-3H3,(H,20,22)/t13-/m1/s1. The lowest BCUT2D eigenvalue weighted by Crippen LogP contribution is -2.23. The lowest BCUT2D eigenvalue weighted by Gasteiger charge is -2.13. The van der Waals surface area contributed by atoms with Gasteiger partial charge in [-0.3, -0.25) is 9.59 Å². The smallest absolute Gasteiger partial charge is 0.217 e. The molecule has 1 amide bonds. The molecular formula is C18H23N3O2S. The van der Waals surface area contributed by atoms with Crippen molar-refractivity contribution in [1.82, 2.24) is 14.9 Å². The monoisotopic (exact) mass is 345 g/mol. The Balaban J connectivity index is 1.95. The van der Waals surface area contributed by atoms with Crippen LogP contribution in [0.4, 0.5) is 0 Å². The van der Waals surface area contributed by atoms with Crippen LogP contribution < -0.4 is 5.32 Å². The molecule has 1 aromatic carbocycles. The molecule has 2 aromatic rings. The Labute approximate surface area is 146 Å². The quantitative estimate of drug-likeness (QED) is 0.588. The summed E-state index contributed by atoms with van der Waals surface area (Å²) in [5, 5.41) is 3.71. The number of Topliss-reactive ketones (excluding diaryl/α,β-unsaturated/α-hetero) is 1. The third-order valence-electron chi connectivity index (χ3n) is 3.63. The van der Waals surface area contributed by atoms with E-state index in [9.17, 15) is 9.59 Å². The number of hydrogen-bond donors (Lipinski definition) is 1. The van der Waals surface area contributed by atoms with Crippen molar-refractivity contribution < 1.29 is 9.59 Å². The van der Waals surface area contributed by atoms with Crippen molar-refractivity contribution in [1.29, 1.82) is 0 Å². The second-order valence-electron chi connectivity index (χ2n) is 5.66. The Morgan fingerprint density at radius 2 is 2.00 bits per heavy atom. The molecule has 1 N–H and O–H groups in total. The van der Waals surface area contributed by atoms with E-state index in [1.54, 1.807) is 6.20 Å². The van der Waals surface area contributed by atoms with Crippen molar-refractivity contribution >= 4 is 23.5 Å². The van der Waals surface area contributed by atoms with Gasteiger partial charge in [0.2, 0.25) is 5.91 Å². The van der Waals surface area contributed by atoms with E-state index in [0.717, 1.165) is 23.7 Å². The van der Waals surface area contributed by atoms with Crippen molar-refractivity contribution in [3.63, 3.8) is 0 Å². The molecule has 0 radical (unpaired) electrons. The van der Waals surface area contributed by atoms with Crippen LogP contribution in [0.1, 0.15) is 49.2 Å². The molecule has 1 atom stereocenters. The molecule has 0 unspecified atom stereocenters. The van der Waals surface area contributed by atoms with E-state index in [0.29, 0.717) is 11.3 Å². The first-order valence-electron chi connectivity index (χ1n) is 8.05. The second kappa shape index (κ2) is 8.68. The molecule has 128 valence electrons. The molecule has 0 bridgehead atoms. The largest absolute Gasteiger partial charge is 0.350 e. The van der Waals surface area contributed by atoms with Gasteiger partial charge in [-0.25, -0.2) is 4.98 Å². The lowest BCUT2D eigenvalue weighted by atomic mass is 10.0. The average molecular weight is 345 g/mol. The van der Waals surface area contributed by atoms with Crippen LogP contribution in [0, 0.1) is 0 Å². The van der Waals surface area contributed by atoms with Crippen LogP contribution in [0.25, 0.3) is 0 Å². The summed E-state index contributed by atoms with van der Waals surface area (Å²) in [5.74, 6) is 0.368. The number of ketones is 1. The topological polar surface area (TPSA) is 64.0 Å². The molecule has 24 heavy (non-hydrogen) atoms. The van der Waals surface area contributed by atoms with E-state index in [2.05, 4.69) is 21.8 Å². The third kappa shape index (κ3) is 4.96. The summed E-state index contributed by atoms with van der Waals surface area (Å²) in [4.78, 5) is 27.7. The summed E-state index contributed by atoms with van der Waals surface area (Å²) in [6, 6.07) is 7.33. The number of nitrogens with one attached hydrogen (secondary N) is 1. The van der Waals surface area contributed by atoms with Crippen LogP contribution in [-0.2, 0) is 11.3 Å². The minimum Gasteiger partial charge on any atom is -0.350 e. The number of carbonyl (C=O) groups excluding carboxylic acids is 2. The van der Waals surface area contributed by atoms with Gasteiger partial charge in [0.1, 0.15) is 0 Å². The Morgan fingerprint density at radius 1 is 1.29 bits per heavy atom. The summed E-state index contributed by atoms with van der Waals surface area (Å²) in [7, 11) is 0. The zero-order valence-electron chi connectivity index (χ0n) is 14.3. The van der Waals surface area contributed by atoms with Crippen molar-refractivity contribution in [2.24, 2.45) is 0 Å². The minimum absolute atomic E-state index is 0.0671. The zero-order chi connectivity index (χ0) is 17.5. The Bertz CT molecular complexity index is 695. The number of amides is 1. The fourth-order valence-electron chi connectivity index (χ4n) is 2.41. The van der Waals surface area contributed by atoms with Gasteiger partial charge in [0, 0.05) is 31.4 Å². The van der Waals surface area contributed by atoms with Gasteiger partial charge < -0.3 is 9.88 Å². The molecule has 5 nitrogen and oxygen atoms in total. The molecule has 0 spiro atoms. The average Bonchev–Trinajstić information content (AvgIpc) is 3.00. The third-order valence-corrected chi connectivity index (χ3v) is 4.63. The van der Waals surface area contributed by atoms with Crippen molar-refractivity contribution in [2.45, 2.75) is 44.9 Å². The van der Waals surface area contributed by atoms with E-state index in [1.165, 1.54) is 18.7 Å². The van der Waals surface area contributed by atoms with Crippen LogP contribution in [0.2, 0.25) is 0 Å². The predicted molar refractivity (Wildman–Crippen MR) is 96.2 cm³/mol. The Morgan fingerprint density at radius 3 is 2.62 bits per heavy atom.